The lowest BCUT2D eigenvalue weighted by atomic mass is 10.2. The molecule has 0 spiro atoms. The van der Waals surface area contributed by atoms with Crippen LogP contribution in [-0.4, -0.2) is 21.4 Å². The van der Waals surface area contributed by atoms with Gasteiger partial charge in [0.15, 0.2) is 0 Å². The molecule has 162 valence electrons. The van der Waals surface area contributed by atoms with Gasteiger partial charge in [0.2, 0.25) is 10.0 Å². The normalized spacial score (nSPS) is 11.2. The summed E-state index contributed by atoms with van der Waals surface area (Å²) in [6, 6.07) is 14.9. The summed E-state index contributed by atoms with van der Waals surface area (Å²) in [5.74, 6) is -1.38. The van der Waals surface area contributed by atoms with E-state index in [1.807, 2.05) is 19.1 Å². The van der Waals surface area contributed by atoms with E-state index in [0.717, 1.165) is 29.3 Å². The predicted octanol–water partition coefficient (Wildman–Crippen LogP) is 4.53. The summed E-state index contributed by atoms with van der Waals surface area (Å²) < 4.78 is 47.3. The predicted molar refractivity (Wildman–Crippen MR) is 118 cm³/mol. The van der Waals surface area contributed by atoms with Gasteiger partial charge in [-0.2, -0.15) is 0 Å². The number of hydrogen-bond donors (Lipinski definition) is 2. The van der Waals surface area contributed by atoms with E-state index < -0.39 is 27.3 Å². The van der Waals surface area contributed by atoms with Gasteiger partial charge in [0.1, 0.15) is 11.6 Å². The van der Waals surface area contributed by atoms with Crippen molar-refractivity contribution in [1.82, 2.24) is 4.72 Å². The average molecular weight is 463 g/mol. The standard InChI is InChI=1S/C22H20ClFN2O4S/c1-14-3-5-15(6-4-14)13-25-31(28,29)17-8-9-19(24)18(12-17)22(27)26-20-11-16(23)7-10-21(20)30-2/h3-12,25H,13H2,1-2H3,(H,26,27). The lowest BCUT2D eigenvalue weighted by Gasteiger charge is -2.12. The van der Waals surface area contributed by atoms with E-state index in [9.17, 15) is 17.6 Å². The Labute approximate surface area is 185 Å². The van der Waals surface area contributed by atoms with E-state index in [1.54, 1.807) is 24.3 Å². The largest absolute Gasteiger partial charge is 0.495 e. The van der Waals surface area contributed by atoms with Crippen molar-refractivity contribution < 1.29 is 22.3 Å². The molecule has 0 aromatic heterocycles. The number of sulfonamides is 1. The molecule has 2 N–H and O–H groups in total. The average Bonchev–Trinajstić information content (AvgIpc) is 2.73. The fraction of sp³-hybridized carbons (Fsp3) is 0.136. The number of methoxy groups -OCH3 is 1. The highest BCUT2D eigenvalue weighted by Gasteiger charge is 2.20. The number of carbonyl (C=O) groups is 1. The van der Waals surface area contributed by atoms with Crippen molar-refractivity contribution in [3.8, 4) is 5.75 Å². The number of anilines is 1. The van der Waals surface area contributed by atoms with Gasteiger partial charge in [0.25, 0.3) is 5.91 Å². The Bertz CT molecular complexity index is 1210. The number of halogens is 2. The van der Waals surface area contributed by atoms with Crippen molar-refractivity contribution in [2.75, 3.05) is 12.4 Å². The highest BCUT2D eigenvalue weighted by Crippen LogP contribution is 2.28. The summed E-state index contributed by atoms with van der Waals surface area (Å²) in [7, 11) is -2.57. The fourth-order valence-electron chi connectivity index (χ4n) is 2.78. The second kappa shape index (κ2) is 9.47. The molecule has 0 saturated heterocycles. The summed E-state index contributed by atoms with van der Waals surface area (Å²) >= 11 is 5.94. The van der Waals surface area contributed by atoms with Crippen LogP contribution in [0.25, 0.3) is 0 Å². The van der Waals surface area contributed by atoms with Gasteiger partial charge in [-0.05, 0) is 48.9 Å². The first-order chi connectivity index (χ1) is 14.7. The molecule has 0 heterocycles. The molecule has 6 nitrogen and oxygen atoms in total. The van der Waals surface area contributed by atoms with Crippen LogP contribution < -0.4 is 14.8 Å². The Balaban J connectivity index is 1.82. The van der Waals surface area contributed by atoms with Crippen molar-refractivity contribution in [3.63, 3.8) is 0 Å². The Morgan fingerprint density at radius 2 is 1.77 bits per heavy atom. The molecule has 0 radical (unpaired) electrons. The molecule has 0 saturated carbocycles. The minimum Gasteiger partial charge on any atom is -0.495 e. The molecule has 3 rings (SSSR count). The van der Waals surface area contributed by atoms with E-state index in [2.05, 4.69) is 10.0 Å². The molecular weight excluding hydrogens is 443 g/mol. The molecule has 1 amide bonds. The number of ether oxygens (including phenoxy) is 1. The lowest BCUT2D eigenvalue weighted by Crippen LogP contribution is -2.24. The molecule has 0 aliphatic carbocycles. The fourth-order valence-corrected chi connectivity index (χ4v) is 4.00. The molecule has 3 aromatic carbocycles. The number of rotatable bonds is 7. The summed E-state index contributed by atoms with van der Waals surface area (Å²) in [4.78, 5) is 12.4. The Morgan fingerprint density at radius 3 is 2.45 bits per heavy atom. The first-order valence-corrected chi connectivity index (χ1v) is 11.1. The lowest BCUT2D eigenvalue weighted by molar-refractivity contribution is 0.102. The van der Waals surface area contributed by atoms with Gasteiger partial charge in [-0.25, -0.2) is 17.5 Å². The van der Waals surface area contributed by atoms with E-state index in [0.29, 0.717) is 10.8 Å². The Morgan fingerprint density at radius 1 is 1.06 bits per heavy atom. The number of hydrogen-bond acceptors (Lipinski definition) is 4. The second-order valence-electron chi connectivity index (χ2n) is 6.75. The molecule has 0 fully saturated rings. The van der Waals surface area contributed by atoms with E-state index >= 15 is 0 Å². The first kappa shape index (κ1) is 22.7. The van der Waals surface area contributed by atoms with Gasteiger partial charge in [0.05, 0.1) is 23.3 Å². The monoisotopic (exact) mass is 462 g/mol. The number of carbonyl (C=O) groups excluding carboxylic acids is 1. The Hall–Kier alpha value is -2.94. The zero-order valence-corrected chi connectivity index (χ0v) is 18.4. The van der Waals surface area contributed by atoms with Crippen LogP contribution in [0.15, 0.2) is 65.6 Å². The number of nitrogens with one attached hydrogen (secondary N) is 2. The second-order valence-corrected chi connectivity index (χ2v) is 8.95. The molecule has 0 bridgehead atoms. The van der Waals surface area contributed by atoms with Gasteiger partial charge in [-0.3, -0.25) is 4.79 Å². The first-order valence-electron chi connectivity index (χ1n) is 9.19. The van der Waals surface area contributed by atoms with Crippen LogP contribution in [0.3, 0.4) is 0 Å². The number of aryl methyl sites for hydroxylation is 1. The smallest absolute Gasteiger partial charge is 0.258 e. The minimum absolute atomic E-state index is 0.0568. The third-order valence-corrected chi connectivity index (χ3v) is 6.12. The van der Waals surface area contributed by atoms with Crippen LogP contribution in [-0.2, 0) is 16.6 Å². The molecule has 0 aliphatic heterocycles. The van der Waals surface area contributed by atoms with Crippen molar-refractivity contribution in [1.29, 1.82) is 0 Å². The van der Waals surface area contributed by atoms with E-state index in [4.69, 9.17) is 16.3 Å². The zero-order chi connectivity index (χ0) is 22.6. The SMILES string of the molecule is COc1ccc(Cl)cc1NC(=O)c1cc(S(=O)(=O)NCc2ccc(C)cc2)ccc1F. The number of benzene rings is 3. The van der Waals surface area contributed by atoms with Gasteiger partial charge in [-0.15, -0.1) is 0 Å². The van der Waals surface area contributed by atoms with Crippen LogP contribution in [0.1, 0.15) is 21.5 Å². The van der Waals surface area contributed by atoms with Crippen LogP contribution in [0.5, 0.6) is 5.75 Å². The minimum atomic E-state index is -3.98. The van der Waals surface area contributed by atoms with Gasteiger partial charge < -0.3 is 10.1 Å². The van der Waals surface area contributed by atoms with Gasteiger partial charge >= 0.3 is 0 Å². The van der Waals surface area contributed by atoms with Crippen molar-refractivity contribution in [3.05, 3.63) is 88.2 Å². The molecule has 3 aromatic rings. The highest BCUT2D eigenvalue weighted by atomic mass is 35.5. The summed E-state index contributed by atoms with van der Waals surface area (Å²) in [5.41, 5.74) is 1.62. The molecule has 31 heavy (non-hydrogen) atoms. The summed E-state index contributed by atoms with van der Waals surface area (Å²) in [5, 5.41) is 2.84. The molecule has 0 aliphatic rings. The maximum atomic E-state index is 14.3. The quantitative estimate of drug-likeness (QED) is 0.540. The maximum absolute atomic E-state index is 14.3. The third-order valence-electron chi connectivity index (χ3n) is 4.49. The molecule has 9 heteroatoms. The van der Waals surface area contributed by atoms with Crippen LogP contribution in [0, 0.1) is 12.7 Å². The van der Waals surface area contributed by atoms with Crippen LogP contribution in [0.2, 0.25) is 5.02 Å². The van der Waals surface area contributed by atoms with E-state index in [1.165, 1.54) is 13.2 Å². The van der Waals surface area contributed by atoms with Crippen LogP contribution in [0.4, 0.5) is 10.1 Å². The molecule has 0 unspecified atom stereocenters. The zero-order valence-electron chi connectivity index (χ0n) is 16.8. The van der Waals surface area contributed by atoms with E-state index in [-0.39, 0.29) is 17.1 Å². The maximum Gasteiger partial charge on any atom is 0.258 e. The molecule has 0 atom stereocenters. The molecular formula is C22H20ClFN2O4S. The van der Waals surface area contributed by atoms with Crippen molar-refractivity contribution in [2.24, 2.45) is 0 Å². The van der Waals surface area contributed by atoms with Crippen molar-refractivity contribution in [2.45, 2.75) is 18.4 Å². The topological polar surface area (TPSA) is 84.5 Å². The van der Waals surface area contributed by atoms with Crippen molar-refractivity contribution >= 4 is 33.2 Å². The summed E-state index contributed by atoms with van der Waals surface area (Å²) in [6.07, 6.45) is 0. The van der Waals surface area contributed by atoms with Crippen LogP contribution >= 0.6 is 11.6 Å². The third kappa shape index (κ3) is 5.61. The van der Waals surface area contributed by atoms with Gasteiger partial charge in [-0.1, -0.05) is 41.4 Å². The van der Waals surface area contributed by atoms with Gasteiger partial charge in [0, 0.05) is 11.6 Å². The highest BCUT2D eigenvalue weighted by molar-refractivity contribution is 7.89. The Kier molecular flexibility index (Phi) is 6.94. The summed E-state index contributed by atoms with van der Waals surface area (Å²) in [6.45, 7) is 1.99. The number of amides is 1.